The summed E-state index contributed by atoms with van der Waals surface area (Å²) in [6, 6.07) is 25.7. The Labute approximate surface area is 171 Å². The summed E-state index contributed by atoms with van der Waals surface area (Å²) in [7, 11) is 0. The van der Waals surface area contributed by atoms with Crippen LogP contribution in [-0.4, -0.2) is 18.9 Å². The Hall–Kier alpha value is -3.99. The third kappa shape index (κ3) is 2.20. The molecule has 144 valence electrons. The van der Waals surface area contributed by atoms with Gasteiger partial charge < -0.3 is 4.57 Å². The van der Waals surface area contributed by atoms with Crippen molar-refractivity contribution in [2.45, 2.75) is 13.5 Å². The maximum Gasteiger partial charge on any atom is 0.202 e. The number of aryl methyl sites for hydroxylation is 1. The van der Waals surface area contributed by atoms with Crippen LogP contribution in [0.3, 0.4) is 0 Å². The van der Waals surface area contributed by atoms with Crippen molar-refractivity contribution in [1.82, 2.24) is 18.9 Å². The Bertz CT molecular complexity index is 1650. The fraction of sp³-hybridized carbons (Fsp3) is 0.0800. The van der Waals surface area contributed by atoms with E-state index in [4.69, 9.17) is 9.97 Å². The molecule has 0 radical (unpaired) electrons. The number of rotatable bonds is 2. The van der Waals surface area contributed by atoms with Gasteiger partial charge in [-0.25, -0.2) is 9.97 Å². The van der Waals surface area contributed by atoms with Crippen LogP contribution in [0, 0.1) is 0 Å². The molecule has 0 spiro atoms. The van der Waals surface area contributed by atoms with Crippen molar-refractivity contribution in [3.05, 3.63) is 89.1 Å². The van der Waals surface area contributed by atoms with E-state index in [9.17, 15) is 4.79 Å². The third-order valence-corrected chi connectivity index (χ3v) is 5.70. The zero-order chi connectivity index (χ0) is 20.2. The molecular weight excluding hydrogens is 372 g/mol. The molecule has 0 amide bonds. The summed E-state index contributed by atoms with van der Waals surface area (Å²) >= 11 is 0. The molecule has 0 bridgehead atoms. The number of hydrogen-bond acceptors (Lipinski definition) is 3. The number of benzene rings is 3. The van der Waals surface area contributed by atoms with Crippen LogP contribution in [0.2, 0.25) is 0 Å². The number of hydrogen-bond donors (Lipinski definition) is 0. The number of para-hydroxylation sites is 3. The predicted octanol–water partition coefficient (Wildman–Crippen LogP) is 5.04. The van der Waals surface area contributed by atoms with E-state index in [1.807, 2.05) is 83.3 Å². The molecular formula is C25H18N4O. The Balaban J connectivity index is 1.96. The summed E-state index contributed by atoms with van der Waals surface area (Å²) in [6.45, 7) is 2.78. The average Bonchev–Trinajstić information content (AvgIpc) is 3.19. The van der Waals surface area contributed by atoms with Gasteiger partial charge in [-0.2, -0.15) is 0 Å². The van der Waals surface area contributed by atoms with E-state index >= 15 is 0 Å². The van der Waals surface area contributed by atoms with E-state index in [0.29, 0.717) is 28.6 Å². The highest BCUT2D eigenvalue weighted by Crippen LogP contribution is 2.29. The average molecular weight is 390 g/mol. The first-order valence-electron chi connectivity index (χ1n) is 10.1. The van der Waals surface area contributed by atoms with Gasteiger partial charge >= 0.3 is 0 Å². The van der Waals surface area contributed by atoms with Crippen LogP contribution in [0.4, 0.5) is 0 Å². The van der Waals surface area contributed by atoms with Crippen LogP contribution in [0.15, 0.2) is 83.7 Å². The van der Waals surface area contributed by atoms with E-state index in [0.717, 1.165) is 27.9 Å². The maximum atomic E-state index is 13.6. The molecule has 0 aliphatic heterocycles. The van der Waals surface area contributed by atoms with Crippen molar-refractivity contribution in [3.8, 4) is 11.4 Å². The summed E-state index contributed by atoms with van der Waals surface area (Å²) in [4.78, 5) is 23.5. The lowest BCUT2D eigenvalue weighted by atomic mass is 10.1. The van der Waals surface area contributed by atoms with Gasteiger partial charge in [-0.1, -0.05) is 54.6 Å². The monoisotopic (exact) mass is 390 g/mol. The van der Waals surface area contributed by atoms with Gasteiger partial charge in [0.25, 0.3) is 0 Å². The lowest BCUT2D eigenvalue weighted by molar-refractivity contribution is 0.808. The van der Waals surface area contributed by atoms with Gasteiger partial charge in [0.05, 0.1) is 16.6 Å². The van der Waals surface area contributed by atoms with Gasteiger partial charge in [-0.3, -0.25) is 9.20 Å². The molecule has 0 N–H and O–H groups in total. The first kappa shape index (κ1) is 16.9. The van der Waals surface area contributed by atoms with Gasteiger partial charge in [0.1, 0.15) is 11.2 Å². The van der Waals surface area contributed by atoms with Crippen molar-refractivity contribution in [2.75, 3.05) is 0 Å². The molecule has 0 unspecified atom stereocenters. The third-order valence-electron chi connectivity index (χ3n) is 5.70. The molecule has 0 saturated carbocycles. The van der Waals surface area contributed by atoms with Crippen LogP contribution in [-0.2, 0) is 6.54 Å². The fourth-order valence-corrected chi connectivity index (χ4v) is 4.36. The van der Waals surface area contributed by atoms with E-state index in [-0.39, 0.29) is 5.43 Å². The van der Waals surface area contributed by atoms with E-state index in [1.54, 1.807) is 0 Å². The number of pyridine rings is 1. The molecule has 0 aliphatic rings. The summed E-state index contributed by atoms with van der Waals surface area (Å²) in [6.07, 6.45) is 0. The molecule has 0 atom stereocenters. The van der Waals surface area contributed by atoms with E-state index in [1.165, 1.54) is 0 Å². The lowest BCUT2D eigenvalue weighted by Gasteiger charge is -2.15. The van der Waals surface area contributed by atoms with Crippen molar-refractivity contribution in [2.24, 2.45) is 0 Å². The molecule has 30 heavy (non-hydrogen) atoms. The first-order chi connectivity index (χ1) is 14.8. The van der Waals surface area contributed by atoms with Crippen molar-refractivity contribution < 1.29 is 0 Å². The van der Waals surface area contributed by atoms with E-state index < -0.39 is 0 Å². The standard InChI is InChI=1S/C25H18N4O/c1-2-28-19-14-8-6-12-17(19)22(30)21-24(28)27-23(16-10-4-3-5-11-16)29-20-15-9-7-13-18(20)26-25(21)29/h3-15H,2H2,1H3. The number of aromatic nitrogens is 4. The van der Waals surface area contributed by atoms with Gasteiger partial charge in [0, 0.05) is 17.5 Å². The summed E-state index contributed by atoms with van der Waals surface area (Å²) < 4.78 is 4.13. The smallest absolute Gasteiger partial charge is 0.202 e. The Morgan fingerprint density at radius 3 is 2.27 bits per heavy atom. The minimum atomic E-state index is -0.0299. The Morgan fingerprint density at radius 2 is 1.47 bits per heavy atom. The van der Waals surface area contributed by atoms with Crippen molar-refractivity contribution in [1.29, 1.82) is 0 Å². The second-order valence-corrected chi connectivity index (χ2v) is 7.35. The summed E-state index contributed by atoms with van der Waals surface area (Å²) in [5.41, 5.74) is 4.95. The van der Waals surface area contributed by atoms with E-state index in [2.05, 4.69) is 11.5 Å². The number of imidazole rings is 1. The highest BCUT2D eigenvalue weighted by atomic mass is 16.1. The molecule has 5 heteroatoms. The molecule has 3 heterocycles. The molecule has 0 fully saturated rings. The first-order valence-corrected chi connectivity index (χ1v) is 10.1. The van der Waals surface area contributed by atoms with Crippen molar-refractivity contribution in [3.63, 3.8) is 0 Å². The highest BCUT2D eigenvalue weighted by molar-refractivity contribution is 6.02. The highest BCUT2D eigenvalue weighted by Gasteiger charge is 2.20. The topological polar surface area (TPSA) is 52.2 Å². The molecule has 3 aromatic carbocycles. The number of nitrogens with zero attached hydrogens (tertiary/aromatic N) is 4. The second-order valence-electron chi connectivity index (χ2n) is 7.35. The zero-order valence-corrected chi connectivity index (χ0v) is 16.4. The van der Waals surface area contributed by atoms with Crippen molar-refractivity contribution >= 4 is 38.6 Å². The van der Waals surface area contributed by atoms with Crippen LogP contribution in [0.5, 0.6) is 0 Å². The largest absolute Gasteiger partial charge is 0.325 e. The predicted molar refractivity (Wildman–Crippen MR) is 121 cm³/mol. The quantitative estimate of drug-likeness (QED) is 0.389. The van der Waals surface area contributed by atoms with Crippen LogP contribution >= 0.6 is 0 Å². The van der Waals surface area contributed by atoms with Crippen LogP contribution in [0.25, 0.3) is 50.0 Å². The van der Waals surface area contributed by atoms with Crippen LogP contribution < -0.4 is 5.43 Å². The normalized spacial score (nSPS) is 11.8. The van der Waals surface area contributed by atoms with Gasteiger partial charge in [0.2, 0.25) is 5.43 Å². The number of fused-ring (bicyclic) bond motifs is 6. The van der Waals surface area contributed by atoms with Crippen LogP contribution in [0.1, 0.15) is 6.92 Å². The molecule has 6 aromatic rings. The summed E-state index contributed by atoms with van der Waals surface area (Å²) in [5, 5.41) is 1.25. The summed E-state index contributed by atoms with van der Waals surface area (Å²) in [5.74, 6) is 0.781. The van der Waals surface area contributed by atoms with Gasteiger partial charge in [-0.15, -0.1) is 0 Å². The molecule has 6 rings (SSSR count). The minimum absolute atomic E-state index is 0.0299. The Kier molecular flexibility index (Phi) is 3.53. The van der Waals surface area contributed by atoms with Gasteiger partial charge in [0.15, 0.2) is 11.3 Å². The molecule has 0 aliphatic carbocycles. The molecule has 0 saturated heterocycles. The zero-order valence-electron chi connectivity index (χ0n) is 16.4. The fourth-order valence-electron chi connectivity index (χ4n) is 4.36. The SMILES string of the molecule is CCn1c2ccccc2c(=O)c2c1nc(-c1ccccc1)n1c3ccccc3nc21. The minimum Gasteiger partial charge on any atom is -0.325 e. The molecule has 3 aromatic heterocycles. The lowest BCUT2D eigenvalue weighted by Crippen LogP contribution is -2.14. The maximum absolute atomic E-state index is 13.6. The van der Waals surface area contributed by atoms with Gasteiger partial charge in [-0.05, 0) is 31.2 Å². The molecule has 5 nitrogen and oxygen atoms in total. The second kappa shape index (κ2) is 6.26. The Morgan fingerprint density at radius 1 is 0.767 bits per heavy atom.